The zero-order valence-electron chi connectivity index (χ0n) is 14.4. The van der Waals surface area contributed by atoms with Crippen LogP contribution in [0.1, 0.15) is 38.8 Å². The molecule has 1 aromatic carbocycles. The predicted octanol–water partition coefficient (Wildman–Crippen LogP) is 5.21. The van der Waals surface area contributed by atoms with E-state index in [0.29, 0.717) is 5.69 Å². The highest BCUT2D eigenvalue weighted by molar-refractivity contribution is 9.10. The molecule has 1 N–H and O–H groups in total. The van der Waals surface area contributed by atoms with Crippen molar-refractivity contribution in [2.45, 2.75) is 39.5 Å². The van der Waals surface area contributed by atoms with Gasteiger partial charge in [0.2, 0.25) is 0 Å². The molecule has 1 heterocycles. The number of aromatic nitrogens is 1. The van der Waals surface area contributed by atoms with Gasteiger partial charge in [0.1, 0.15) is 10.8 Å². The molecule has 0 fully saturated rings. The van der Waals surface area contributed by atoms with E-state index in [2.05, 4.69) is 20.9 Å². The Labute approximate surface area is 160 Å². The first-order valence-corrected chi connectivity index (χ1v) is 10.1. The number of thiazole rings is 1. The Kier molecular flexibility index (Phi) is 7.32. The van der Waals surface area contributed by atoms with Crippen LogP contribution in [0.15, 0.2) is 34.1 Å². The minimum Gasteiger partial charge on any atom is -0.481 e. The Morgan fingerprint density at radius 1 is 1.28 bits per heavy atom. The van der Waals surface area contributed by atoms with Crippen LogP contribution in [0.4, 0.5) is 0 Å². The molecular formula is C19H22BrNO3S. The van der Waals surface area contributed by atoms with Gasteiger partial charge in [-0.3, -0.25) is 9.59 Å². The summed E-state index contributed by atoms with van der Waals surface area (Å²) < 4.78 is 0.979. The number of nitrogens with zero attached hydrogens (tertiary/aromatic N) is 1. The van der Waals surface area contributed by atoms with Crippen LogP contribution in [-0.2, 0) is 16.0 Å². The van der Waals surface area contributed by atoms with Crippen LogP contribution in [-0.4, -0.2) is 21.8 Å². The molecule has 0 radical (unpaired) electrons. The van der Waals surface area contributed by atoms with Gasteiger partial charge in [-0.2, -0.15) is 0 Å². The molecule has 2 rings (SSSR count). The van der Waals surface area contributed by atoms with Crippen molar-refractivity contribution in [3.8, 4) is 10.6 Å². The van der Waals surface area contributed by atoms with Gasteiger partial charge < -0.3 is 5.11 Å². The zero-order valence-corrected chi connectivity index (χ0v) is 16.8. The summed E-state index contributed by atoms with van der Waals surface area (Å²) in [5.41, 5.74) is 1.71. The number of Topliss-reactive ketones (excluding diaryl/α,β-unsaturated/α-hetero) is 1. The molecule has 0 amide bonds. The molecule has 134 valence electrons. The maximum atomic E-state index is 12.4. The standard InChI is InChI=1S/C19H22BrNO3S/c1-3-12(4-2)17(19(23)24)10-16(22)9-15-11-25-18(21-15)13-6-5-7-14(20)8-13/h5-8,11-12,17H,3-4,9-10H2,1-2H3,(H,23,24). The van der Waals surface area contributed by atoms with Gasteiger partial charge in [-0.15, -0.1) is 11.3 Å². The number of hydrogen-bond acceptors (Lipinski definition) is 4. The summed E-state index contributed by atoms with van der Waals surface area (Å²) in [5, 5.41) is 12.2. The molecule has 6 heteroatoms. The quantitative estimate of drug-likeness (QED) is 0.600. The number of halogens is 1. The molecule has 4 nitrogen and oxygen atoms in total. The van der Waals surface area contributed by atoms with Crippen LogP contribution in [0, 0.1) is 11.8 Å². The van der Waals surface area contributed by atoms with Gasteiger partial charge in [-0.1, -0.05) is 54.8 Å². The summed E-state index contributed by atoms with van der Waals surface area (Å²) in [7, 11) is 0. The molecule has 25 heavy (non-hydrogen) atoms. The van der Waals surface area contributed by atoms with Crippen LogP contribution < -0.4 is 0 Å². The van der Waals surface area contributed by atoms with E-state index in [9.17, 15) is 14.7 Å². The Morgan fingerprint density at radius 3 is 2.60 bits per heavy atom. The number of hydrogen-bond donors (Lipinski definition) is 1. The van der Waals surface area contributed by atoms with Gasteiger partial charge in [0.05, 0.1) is 11.6 Å². The molecule has 1 aromatic heterocycles. The average molecular weight is 424 g/mol. The second kappa shape index (κ2) is 9.25. The average Bonchev–Trinajstić information content (AvgIpc) is 3.03. The highest BCUT2D eigenvalue weighted by atomic mass is 79.9. The Hall–Kier alpha value is -1.53. The van der Waals surface area contributed by atoms with Crippen LogP contribution in [0.5, 0.6) is 0 Å². The molecule has 2 aromatic rings. The van der Waals surface area contributed by atoms with Gasteiger partial charge in [0.25, 0.3) is 0 Å². The highest BCUT2D eigenvalue weighted by Crippen LogP contribution is 2.27. The Balaban J connectivity index is 2.04. The number of carbonyl (C=O) groups excluding carboxylic acids is 1. The number of rotatable bonds is 9. The van der Waals surface area contributed by atoms with Crippen LogP contribution in [0.3, 0.4) is 0 Å². The Morgan fingerprint density at radius 2 is 2.00 bits per heavy atom. The van der Waals surface area contributed by atoms with Gasteiger partial charge in [0, 0.05) is 28.3 Å². The first-order valence-electron chi connectivity index (χ1n) is 8.39. The van der Waals surface area contributed by atoms with Crippen LogP contribution >= 0.6 is 27.3 Å². The monoisotopic (exact) mass is 423 g/mol. The minimum atomic E-state index is -0.879. The summed E-state index contributed by atoms with van der Waals surface area (Å²) in [6.07, 6.45) is 1.80. The van der Waals surface area contributed by atoms with Gasteiger partial charge in [-0.05, 0) is 18.1 Å². The predicted molar refractivity (Wildman–Crippen MR) is 104 cm³/mol. The van der Waals surface area contributed by atoms with Crippen molar-refractivity contribution < 1.29 is 14.7 Å². The SMILES string of the molecule is CCC(CC)C(CC(=O)Cc1csc(-c2cccc(Br)c2)n1)C(=O)O. The fourth-order valence-corrected chi connectivity index (χ4v) is 4.19. The van der Waals surface area contributed by atoms with Gasteiger partial charge in [-0.25, -0.2) is 4.98 Å². The molecule has 0 aliphatic rings. The third-order valence-electron chi connectivity index (χ3n) is 4.38. The van der Waals surface area contributed by atoms with E-state index < -0.39 is 11.9 Å². The lowest BCUT2D eigenvalue weighted by atomic mass is 9.84. The maximum Gasteiger partial charge on any atom is 0.307 e. The lowest BCUT2D eigenvalue weighted by Crippen LogP contribution is -2.26. The van der Waals surface area contributed by atoms with E-state index in [1.54, 1.807) is 0 Å². The number of carboxylic acid groups (broad SMARTS) is 1. The fourth-order valence-electron chi connectivity index (χ4n) is 2.98. The number of aliphatic carboxylic acids is 1. The zero-order chi connectivity index (χ0) is 18.4. The van der Waals surface area contributed by atoms with Gasteiger partial charge >= 0.3 is 5.97 Å². The van der Waals surface area contributed by atoms with E-state index in [-0.39, 0.29) is 24.5 Å². The van der Waals surface area contributed by atoms with Gasteiger partial charge in [0.15, 0.2) is 0 Å². The normalized spacial score (nSPS) is 12.3. The second-order valence-corrected chi connectivity index (χ2v) is 7.87. The lowest BCUT2D eigenvalue weighted by Gasteiger charge is -2.20. The van der Waals surface area contributed by atoms with Crippen molar-refractivity contribution in [1.82, 2.24) is 4.98 Å². The van der Waals surface area contributed by atoms with E-state index >= 15 is 0 Å². The molecule has 0 saturated heterocycles. The molecule has 1 unspecified atom stereocenters. The van der Waals surface area contributed by atoms with E-state index in [1.807, 2.05) is 43.5 Å². The van der Waals surface area contributed by atoms with E-state index in [1.165, 1.54) is 11.3 Å². The molecule has 1 atom stereocenters. The first-order chi connectivity index (χ1) is 11.9. The highest BCUT2D eigenvalue weighted by Gasteiger charge is 2.28. The lowest BCUT2D eigenvalue weighted by molar-refractivity contribution is -0.146. The van der Waals surface area contributed by atoms with Crippen LogP contribution in [0.2, 0.25) is 0 Å². The first kappa shape index (κ1) is 19.8. The van der Waals surface area contributed by atoms with Crippen molar-refractivity contribution in [2.75, 3.05) is 0 Å². The molecule has 0 aliphatic heterocycles. The van der Waals surface area contributed by atoms with Crippen LogP contribution in [0.25, 0.3) is 10.6 Å². The molecular weight excluding hydrogens is 402 g/mol. The number of carboxylic acids is 1. The summed E-state index contributed by atoms with van der Waals surface area (Å²) in [5.74, 6) is -1.51. The number of benzene rings is 1. The third kappa shape index (κ3) is 5.47. The molecule has 0 aliphatic carbocycles. The summed E-state index contributed by atoms with van der Waals surface area (Å²) in [6, 6.07) is 7.85. The Bertz CT molecular complexity index is 740. The summed E-state index contributed by atoms with van der Waals surface area (Å²) in [4.78, 5) is 28.4. The number of carbonyl (C=O) groups is 2. The molecule has 0 saturated carbocycles. The van der Waals surface area contributed by atoms with Crippen molar-refractivity contribution in [3.63, 3.8) is 0 Å². The fraction of sp³-hybridized carbons (Fsp3) is 0.421. The minimum absolute atomic E-state index is 0.0362. The largest absolute Gasteiger partial charge is 0.481 e. The summed E-state index contributed by atoms with van der Waals surface area (Å²) >= 11 is 4.93. The van der Waals surface area contributed by atoms with Crippen molar-refractivity contribution in [3.05, 3.63) is 39.8 Å². The smallest absolute Gasteiger partial charge is 0.307 e. The molecule has 0 spiro atoms. The molecule has 0 bridgehead atoms. The van der Waals surface area contributed by atoms with Crippen molar-refractivity contribution in [2.24, 2.45) is 11.8 Å². The van der Waals surface area contributed by atoms with Crippen molar-refractivity contribution >= 4 is 39.0 Å². The summed E-state index contributed by atoms with van der Waals surface area (Å²) in [6.45, 7) is 3.94. The van der Waals surface area contributed by atoms with E-state index in [0.717, 1.165) is 27.9 Å². The third-order valence-corrected chi connectivity index (χ3v) is 5.82. The van der Waals surface area contributed by atoms with Crippen molar-refractivity contribution in [1.29, 1.82) is 0 Å². The van der Waals surface area contributed by atoms with E-state index in [4.69, 9.17) is 0 Å². The maximum absolute atomic E-state index is 12.4. The second-order valence-electron chi connectivity index (χ2n) is 6.10. The number of ketones is 1. The topological polar surface area (TPSA) is 67.3 Å².